The highest BCUT2D eigenvalue weighted by atomic mass is 16.3. The minimum Gasteiger partial charge on any atom is -0.396 e. The molecule has 1 heterocycles. The maximum atomic E-state index is 8.96. The topological polar surface area (TPSA) is 23.5 Å². The van der Waals surface area contributed by atoms with Gasteiger partial charge in [-0.3, -0.25) is 0 Å². The average Bonchev–Trinajstić information content (AvgIpc) is 2.32. The molecular formula is C10H21NO. The lowest BCUT2D eigenvalue weighted by Crippen LogP contribution is -2.31. The molecule has 1 fully saturated rings. The zero-order chi connectivity index (χ0) is 9.19. The molecule has 1 saturated heterocycles. The summed E-state index contributed by atoms with van der Waals surface area (Å²) in [6, 6.07) is 0. The van der Waals surface area contributed by atoms with Gasteiger partial charge in [-0.2, -0.15) is 0 Å². The molecular weight excluding hydrogens is 150 g/mol. The van der Waals surface area contributed by atoms with Crippen molar-refractivity contribution in [3.63, 3.8) is 0 Å². The van der Waals surface area contributed by atoms with E-state index in [0.29, 0.717) is 17.9 Å². The number of hydrogen-bond donors (Lipinski definition) is 1. The molecule has 0 spiro atoms. The molecule has 1 aliphatic heterocycles. The number of nitrogens with zero attached hydrogens (tertiary/aromatic N) is 1. The third kappa shape index (κ3) is 3.11. The van der Waals surface area contributed by atoms with Gasteiger partial charge in [-0.05, 0) is 24.3 Å². The van der Waals surface area contributed by atoms with E-state index in [1.165, 1.54) is 13.0 Å². The number of rotatable bonds is 2. The van der Waals surface area contributed by atoms with Crippen molar-refractivity contribution in [3.8, 4) is 0 Å². The van der Waals surface area contributed by atoms with E-state index in [2.05, 4.69) is 25.7 Å². The molecule has 0 radical (unpaired) electrons. The molecule has 1 aliphatic rings. The van der Waals surface area contributed by atoms with E-state index in [1.807, 2.05) is 0 Å². The summed E-state index contributed by atoms with van der Waals surface area (Å²) in [5, 5.41) is 8.96. The predicted molar refractivity (Wildman–Crippen MR) is 51.1 cm³/mol. The van der Waals surface area contributed by atoms with Gasteiger partial charge in [-0.25, -0.2) is 0 Å². The highest BCUT2D eigenvalue weighted by Gasteiger charge is 2.24. The van der Waals surface area contributed by atoms with Gasteiger partial charge in [-0.15, -0.1) is 0 Å². The van der Waals surface area contributed by atoms with Crippen LogP contribution in [0.2, 0.25) is 0 Å². The van der Waals surface area contributed by atoms with Crippen molar-refractivity contribution in [2.24, 2.45) is 11.3 Å². The molecule has 0 aliphatic carbocycles. The van der Waals surface area contributed by atoms with Crippen molar-refractivity contribution in [2.75, 3.05) is 26.2 Å². The van der Waals surface area contributed by atoms with Crippen molar-refractivity contribution in [1.82, 2.24) is 4.90 Å². The Balaban J connectivity index is 2.28. The van der Waals surface area contributed by atoms with E-state index >= 15 is 0 Å². The zero-order valence-electron chi connectivity index (χ0n) is 8.51. The lowest BCUT2D eigenvalue weighted by Gasteiger charge is -2.26. The second-order valence-electron chi connectivity index (χ2n) is 5.13. The summed E-state index contributed by atoms with van der Waals surface area (Å²) in [4.78, 5) is 2.46. The van der Waals surface area contributed by atoms with Crippen LogP contribution in [-0.2, 0) is 0 Å². The van der Waals surface area contributed by atoms with E-state index in [-0.39, 0.29) is 0 Å². The van der Waals surface area contributed by atoms with Crippen LogP contribution in [0, 0.1) is 11.3 Å². The molecule has 72 valence electrons. The Hall–Kier alpha value is -0.0800. The maximum absolute atomic E-state index is 8.96. The second-order valence-corrected chi connectivity index (χ2v) is 5.13. The van der Waals surface area contributed by atoms with Crippen LogP contribution in [0.5, 0.6) is 0 Å². The van der Waals surface area contributed by atoms with Crippen LogP contribution in [-0.4, -0.2) is 36.2 Å². The van der Waals surface area contributed by atoms with Crippen LogP contribution < -0.4 is 0 Å². The zero-order valence-corrected chi connectivity index (χ0v) is 8.51. The summed E-state index contributed by atoms with van der Waals surface area (Å²) in [6.45, 7) is 10.6. The first-order valence-electron chi connectivity index (χ1n) is 4.84. The van der Waals surface area contributed by atoms with Crippen LogP contribution in [0.3, 0.4) is 0 Å². The second kappa shape index (κ2) is 3.75. The number of aliphatic hydroxyl groups is 1. The third-order valence-corrected chi connectivity index (χ3v) is 2.33. The normalized spacial score (nSPS) is 26.5. The fourth-order valence-electron chi connectivity index (χ4n) is 1.88. The molecule has 12 heavy (non-hydrogen) atoms. The fraction of sp³-hybridized carbons (Fsp3) is 1.00. The van der Waals surface area contributed by atoms with Crippen LogP contribution in [0.4, 0.5) is 0 Å². The highest BCUT2D eigenvalue weighted by molar-refractivity contribution is 4.78. The van der Waals surface area contributed by atoms with Gasteiger partial charge in [0.05, 0.1) is 0 Å². The van der Waals surface area contributed by atoms with Crippen molar-refractivity contribution in [2.45, 2.75) is 27.2 Å². The lowest BCUT2D eigenvalue weighted by atomic mass is 9.96. The number of likely N-dealkylation sites (tertiary alicyclic amines) is 1. The molecule has 1 rings (SSSR count). The Labute approximate surface area is 75.6 Å². The van der Waals surface area contributed by atoms with Gasteiger partial charge >= 0.3 is 0 Å². The summed E-state index contributed by atoms with van der Waals surface area (Å²) in [7, 11) is 0. The molecule has 0 bridgehead atoms. The minimum absolute atomic E-state index is 0.362. The molecule has 1 N–H and O–H groups in total. The Bertz CT molecular complexity index is 139. The van der Waals surface area contributed by atoms with Crippen LogP contribution in [0.25, 0.3) is 0 Å². The largest absolute Gasteiger partial charge is 0.396 e. The monoisotopic (exact) mass is 171 g/mol. The van der Waals surface area contributed by atoms with Crippen LogP contribution in [0.1, 0.15) is 27.2 Å². The molecule has 2 nitrogen and oxygen atoms in total. The smallest absolute Gasteiger partial charge is 0.0471 e. The predicted octanol–water partition coefficient (Wildman–Crippen LogP) is 1.35. The summed E-state index contributed by atoms with van der Waals surface area (Å²) in [5.41, 5.74) is 0.393. The molecule has 1 atom stereocenters. The van der Waals surface area contributed by atoms with Gasteiger partial charge in [-0.1, -0.05) is 20.8 Å². The minimum atomic E-state index is 0.362. The van der Waals surface area contributed by atoms with Gasteiger partial charge < -0.3 is 10.0 Å². The van der Waals surface area contributed by atoms with Crippen molar-refractivity contribution in [1.29, 1.82) is 0 Å². The van der Waals surface area contributed by atoms with E-state index in [0.717, 1.165) is 13.1 Å². The molecule has 0 aromatic heterocycles. The Morgan fingerprint density at radius 1 is 1.42 bits per heavy atom. The summed E-state index contributed by atoms with van der Waals surface area (Å²) >= 11 is 0. The molecule has 1 unspecified atom stereocenters. The summed E-state index contributed by atoms with van der Waals surface area (Å²) in [6.07, 6.45) is 1.17. The number of aliphatic hydroxyl groups excluding tert-OH is 1. The SMILES string of the molecule is CC(C)(C)CN1CCC(CO)C1. The molecule has 2 heteroatoms. The van der Waals surface area contributed by atoms with E-state index in [4.69, 9.17) is 5.11 Å². The maximum Gasteiger partial charge on any atom is 0.0471 e. The van der Waals surface area contributed by atoms with Gasteiger partial charge in [0.1, 0.15) is 0 Å². The summed E-state index contributed by atoms with van der Waals surface area (Å²) < 4.78 is 0. The first-order valence-corrected chi connectivity index (χ1v) is 4.84. The Morgan fingerprint density at radius 2 is 2.08 bits per heavy atom. The lowest BCUT2D eigenvalue weighted by molar-refractivity contribution is 0.194. The van der Waals surface area contributed by atoms with Gasteiger partial charge in [0.25, 0.3) is 0 Å². The quantitative estimate of drug-likeness (QED) is 0.678. The Kier molecular flexibility index (Phi) is 3.13. The van der Waals surface area contributed by atoms with Gasteiger partial charge in [0, 0.05) is 19.7 Å². The van der Waals surface area contributed by atoms with E-state index < -0.39 is 0 Å². The van der Waals surface area contributed by atoms with Gasteiger partial charge in [0.15, 0.2) is 0 Å². The highest BCUT2D eigenvalue weighted by Crippen LogP contribution is 2.21. The summed E-state index contributed by atoms with van der Waals surface area (Å²) in [5.74, 6) is 0.535. The van der Waals surface area contributed by atoms with Crippen molar-refractivity contribution < 1.29 is 5.11 Å². The van der Waals surface area contributed by atoms with Crippen LogP contribution >= 0.6 is 0 Å². The molecule has 0 saturated carbocycles. The van der Waals surface area contributed by atoms with E-state index in [9.17, 15) is 0 Å². The van der Waals surface area contributed by atoms with Crippen LogP contribution in [0.15, 0.2) is 0 Å². The fourth-order valence-corrected chi connectivity index (χ4v) is 1.88. The van der Waals surface area contributed by atoms with E-state index in [1.54, 1.807) is 0 Å². The number of hydrogen-bond acceptors (Lipinski definition) is 2. The average molecular weight is 171 g/mol. The molecule has 0 amide bonds. The standard InChI is InChI=1S/C10H21NO/c1-10(2,3)8-11-5-4-9(6-11)7-12/h9,12H,4-8H2,1-3H3. The van der Waals surface area contributed by atoms with Crippen molar-refractivity contribution in [3.05, 3.63) is 0 Å². The van der Waals surface area contributed by atoms with Crippen molar-refractivity contribution >= 4 is 0 Å². The first kappa shape index (κ1) is 10.0. The molecule has 0 aromatic carbocycles. The Morgan fingerprint density at radius 3 is 2.50 bits per heavy atom. The molecule has 0 aromatic rings. The van der Waals surface area contributed by atoms with Gasteiger partial charge in [0.2, 0.25) is 0 Å². The third-order valence-electron chi connectivity index (χ3n) is 2.33. The first-order chi connectivity index (χ1) is 5.51.